The van der Waals surface area contributed by atoms with E-state index in [0.29, 0.717) is 18.6 Å². The van der Waals surface area contributed by atoms with Crippen molar-refractivity contribution in [2.24, 2.45) is 0 Å². The van der Waals surface area contributed by atoms with E-state index in [1.165, 1.54) is 5.56 Å². The molecule has 29 heavy (non-hydrogen) atoms. The Morgan fingerprint density at radius 2 is 1.86 bits per heavy atom. The number of benzene rings is 2. The summed E-state index contributed by atoms with van der Waals surface area (Å²) in [6.45, 7) is 8.71. The largest absolute Gasteiger partial charge is 0.493 e. The van der Waals surface area contributed by atoms with Crippen molar-refractivity contribution in [3.8, 4) is 11.8 Å². The van der Waals surface area contributed by atoms with Crippen molar-refractivity contribution in [3.05, 3.63) is 64.7 Å². The van der Waals surface area contributed by atoms with Gasteiger partial charge < -0.3 is 9.64 Å². The molecule has 1 heterocycles. The minimum atomic E-state index is 0.163. The number of carbonyl (C=O) groups is 1. The van der Waals surface area contributed by atoms with Crippen LogP contribution in [0, 0.1) is 25.2 Å². The summed E-state index contributed by atoms with van der Waals surface area (Å²) in [5, 5.41) is 8.91. The number of nitriles is 1. The van der Waals surface area contributed by atoms with Gasteiger partial charge in [0.15, 0.2) is 0 Å². The summed E-state index contributed by atoms with van der Waals surface area (Å²) in [7, 11) is 0. The van der Waals surface area contributed by atoms with Crippen LogP contribution in [-0.2, 0) is 11.3 Å². The lowest BCUT2D eigenvalue weighted by atomic mass is 10.1. The van der Waals surface area contributed by atoms with Crippen molar-refractivity contribution in [1.29, 1.82) is 5.26 Å². The van der Waals surface area contributed by atoms with Gasteiger partial charge in [-0.15, -0.1) is 0 Å². The topological polar surface area (TPSA) is 56.6 Å². The highest BCUT2D eigenvalue weighted by atomic mass is 16.5. The fourth-order valence-electron chi connectivity index (χ4n) is 3.59. The lowest BCUT2D eigenvalue weighted by Crippen LogP contribution is -2.35. The first-order valence-electron chi connectivity index (χ1n) is 10.2. The normalized spacial score (nSPS) is 14.9. The van der Waals surface area contributed by atoms with Crippen LogP contribution in [-0.4, -0.2) is 48.5 Å². The molecule has 1 saturated heterocycles. The van der Waals surface area contributed by atoms with Crippen molar-refractivity contribution >= 4 is 5.91 Å². The average Bonchev–Trinajstić information content (AvgIpc) is 2.97. The van der Waals surface area contributed by atoms with Crippen LogP contribution in [0.15, 0.2) is 42.5 Å². The molecule has 0 radical (unpaired) electrons. The summed E-state index contributed by atoms with van der Waals surface area (Å²) >= 11 is 0. The molecule has 3 rings (SSSR count). The molecule has 0 unspecified atom stereocenters. The van der Waals surface area contributed by atoms with Gasteiger partial charge in [0.2, 0.25) is 5.91 Å². The van der Waals surface area contributed by atoms with E-state index >= 15 is 0 Å². The monoisotopic (exact) mass is 391 g/mol. The third-order valence-electron chi connectivity index (χ3n) is 5.35. The Morgan fingerprint density at radius 1 is 1.07 bits per heavy atom. The molecule has 5 nitrogen and oxygen atoms in total. The fourth-order valence-corrected chi connectivity index (χ4v) is 3.59. The molecule has 2 aromatic rings. The van der Waals surface area contributed by atoms with E-state index in [2.05, 4.69) is 17.0 Å². The van der Waals surface area contributed by atoms with E-state index in [1.807, 2.05) is 55.1 Å². The summed E-state index contributed by atoms with van der Waals surface area (Å²) in [5.41, 5.74) is 4.14. The fraction of sp³-hybridized carbons (Fsp3) is 0.417. The zero-order valence-corrected chi connectivity index (χ0v) is 17.4. The van der Waals surface area contributed by atoms with Gasteiger partial charge in [-0.3, -0.25) is 9.69 Å². The zero-order chi connectivity index (χ0) is 20.6. The molecule has 0 aliphatic carbocycles. The lowest BCUT2D eigenvalue weighted by Gasteiger charge is -2.22. The second-order valence-electron chi connectivity index (χ2n) is 7.69. The van der Waals surface area contributed by atoms with E-state index in [-0.39, 0.29) is 5.91 Å². The molecule has 2 aromatic carbocycles. The Morgan fingerprint density at radius 3 is 2.62 bits per heavy atom. The van der Waals surface area contributed by atoms with Gasteiger partial charge in [-0.2, -0.15) is 5.26 Å². The van der Waals surface area contributed by atoms with E-state index < -0.39 is 0 Å². The van der Waals surface area contributed by atoms with Crippen molar-refractivity contribution < 1.29 is 9.53 Å². The molecule has 5 heteroatoms. The molecule has 0 aromatic heterocycles. The van der Waals surface area contributed by atoms with Gasteiger partial charge >= 0.3 is 0 Å². The van der Waals surface area contributed by atoms with Gasteiger partial charge in [0.05, 0.1) is 24.7 Å². The van der Waals surface area contributed by atoms with Crippen LogP contribution < -0.4 is 4.74 Å². The van der Waals surface area contributed by atoms with E-state index in [1.54, 1.807) is 0 Å². The Hall–Kier alpha value is -2.84. The third-order valence-corrected chi connectivity index (χ3v) is 5.35. The number of carbonyl (C=O) groups excluding carboxylic acids is 1. The summed E-state index contributed by atoms with van der Waals surface area (Å²) in [6.07, 6.45) is 1.38. The molecule has 1 amide bonds. The number of hydrogen-bond donors (Lipinski definition) is 0. The van der Waals surface area contributed by atoms with E-state index in [0.717, 1.165) is 56.0 Å². The second kappa shape index (κ2) is 10.1. The maximum atomic E-state index is 12.6. The third kappa shape index (κ3) is 6.07. The van der Waals surface area contributed by atoms with Crippen LogP contribution in [0.4, 0.5) is 0 Å². The summed E-state index contributed by atoms with van der Waals surface area (Å²) in [6, 6.07) is 16.0. The average molecular weight is 392 g/mol. The van der Waals surface area contributed by atoms with Crippen LogP contribution in [0.2, 0.25) is 0 Å². The molecule has 1 fully saturated rings. The summed E-state index contributed by atoms with van der Waals surface area (Å²) < 4.78 is 5.85. The number of ether oxygens (including phenoxy) is 1. The standard InChI is InChI=1S/C24H29N3O2/c1-19-4-5-20(2)23(16-19)29-15-10-24(28)27-12-3-11-26(13-14-27)18-22-8-6-21(17-25)7-9-22/h4-9,16H,3,10-15,18H2,1-2H3. The number of amides is 1. The molecule has 0 N–H and O–H groups in total. The van der Waals surface area contributed by atoms with Crippen molar-refractivity contribution in [3.63, 3.8) is 0 Å². The predicted molar refractivity (Wildman–Crippen MR) is 114 cm³/mol. The molecule has 152 valence electrons. The highest BCUT2D eigenvalue weighted by molar-refractivity contribution is 5.76. The molecule has 0 bridgehead atoms. The van der Waals surface area contributed by atoms with Crippen LogP contribution in [0.5, 0.6) is 5.75 Å². The minimum absolute atomic E-state index is 0.163. The van der Waals surface area contributed by atoms with Crippen molar-refractivity contribution in [2.75, 3.05) is 32.8 Å². The Kier molecular flexibility index (Phi) is 7.26. The van der Waals surface area contributed by atoms with Gasteiger partial charge in [-0.05, 0) is 55.2 Å². The quantitative estimate of drug-likeness (QED) is 0.754. The van der Waals surface area contributed by atoms with Crippen molar-refractivity contribution in [1.82, 2.24) is 9.80 Å². The molecule has 0 spiro atoms. The first kappa shape index (κ1) is 20.9. The van der Waals surface area contributed by atoms with Gasteiger partial charge in [-0.25, -0.2) is 0 Å². The molecule has 1 aliphatic heterocycles. The molecule has 1 aliphatic rings. The SMILES string of the molecule is Cc1ccc(C)c(OCCC(=O)N2CCCN(Cc3ccc(C#N)cc3)CC2)c1. The highest BCUT2D eigenvalue weighted by Crippen LogP contribution is 2.19. The van der Waals surface area contributed by atoms with Crippen LogP contribution >= 0.6 is 0 Å². The number of rotatable bonds is 6. The summed E-state index contributed by atoms with van der Waals surface area (Å²) in [5.74, 6) is 1.03. The lowest BCUT2D eigenvalue weighted by molar-refractivity contribution is -0.131. The predicted octanol–water partition coefficient (Wildman–Crippen LogP) is 3.68. The first-order chi connectivity index (χ1) is 14.0. The van der Waals surface area contributed by atoms with Crippen LogP contribution in [0.25, 0.3) is 0 Å². The number of hydrogen-bond acceptors (Lipinski definition) is 4. The summed E-state index contributed by atoms with van der Waals surface area (Å²) in [4.78, 5) is 17.0. The Labute approximate surface area is 173 Å². The Bertz CT molecular complexity index is 871. The first-order valence-corrected chi connectivity index (χ1v) is 10.2. The Balaban J connectivity index is 1.45. The van der Waals surface area contributed by atoms with Crippen LogP contribution in [0.1, 0.15) is 35.1 Å². The zero-order valence-electron chi connectivity index (χ0n) is 17.4. The molecular weight excluding hydrogens is 362 g/mol. The van der Waals surface area contributed by atoms with Gasteiger partial charge in [0.25, 0.3) is 0 Å². The van der Waals surface area contributed by atoms with Crippen LogP contribution in [0.3, 0.4) is 0 Å². The number of aryl methyl sites for hydroxylation is 2. The maximum absolute atomic E-state index is 12.6. The van der Waals surface area contributed by atoms with Gasteiger partial charge in [0, 0.05) is 32.7 Å². The van der Waals surface area contributed by atoms with Gasteiger partial charge in [-0.1, -0.05) is 24.3 Å². The van der Waals surface area contributed by atoms with Crippen molar-refractivity contribution in [2.45, 2.75) is 33.2 Å². The maximum Gasteiger partial charge on any atom is 0.226 e. The van der Waals surface area contributed by atoms with Gasteiger partial charge in [0.1, 0.15) is 5.75 Å². The smallest absolute Gasteiger partial charge is 0.226 e. The molecule has 0 saturated carbocycles. The van der Waals surface area contributed by atoms with E-state index in [4.69, 9.17) is 10.00 Å². The molecule has 0 atom stereocenters. The second-order valence-corrected chi connectivity index (χ2v) is 7.69. The number of nitrogens with zero attached hydrogens (tertiary/aromatic N) is 3. The van der Waals surface area contributed by atoms with E-state index in [9.17, 15) is 4.79 Å². The highest BCUT2D eigenvalue weighted by Gasteiger charge is 2.19. The minimum Gasteiger partial charge on any atom is -0.493 e. The molecular formula is C24H29N3O2.